The highest BCUT2D eigenvalue weighted by Crippen LogP contribution is 2.24. The number of ether oxygens (including phenoxy) is 2. The summed E-state index contributed by atoms with van der Waals surface area (Å²) in [5.41, 5.74) is 4.32. The van der Waals surface area contributed by atoms with Gasteiger partial charge in [-0.05, 0) is 48.2 Å². The van der Waals surface area contributed by atoms with Crippen LogP contribution >= 0.6 is 0 Å². The molecule has 0 aliphatic rings. The summed E-state index contributed by atoms with van der Waals surface area (Å²) in [5.74, 6) is 0.850. The van der Waals surface area contributed by atoms with Crippen LogP contribution in [0.2, 0.25) is 0 Å². The monoisotopic (exact) mass is 314 g/mol. The van der Waals surface area contributed by atoms with Gasteiger partial charge in [0, 0.05) is 6.61 Å². The molecule has 0 amide bonds. The highest BCUT2D eigenvalue weighted by Gasteiger charge is 2.02. The van der Waals surface area contributed by atoms with E-state index in [1.165, 1.54) is 0 Å². The van der Waals surface area contributed by atoms with Crippen molar-refractivity contribution in [3.8, 4) is 16.9 Å². The molecule has 0 radical (unpaired) electrons. The lowest BCUT2D eigenvalue weighted by Gasteiger charge is -2.09. The minimum atomic E-state index is 0.0634. The van der Waals surface area contributed by atoms with Gasteiger partial charge in [0.15, 0.2) is 0 Å². The SMILES string of the molecule is CCCCOCCOc1ccc(-c2cc(C)cc(CO)c2)cc1. The third-order valence-electron chi connectivity index (χ3n) is 3.65. The first-order chi connectivity index (χ1) is 11.2. The summed E-state index contributed by atoms with van der Waals surface area (Å²) in [6.45, 7) is 6.26. The molecule has 2 aromatic rings. The van der Waals surface area contributed by atoms with Crippen molar-refractivity contribution in [3.63, 3.8) is 0 Å². The lowest BCUT2D eigenvalue weighted by atomic mass is 10.0. The molecule has 0 aromatic heterocycles. The standard InChI is InChI=1S/C20H26O3/c1-3-4-9-22-10-11-23-20-7-5-18(6-8-20)19-13-16(2)12-17(14-19)15-21/h5-8,12-14,21H,3-4,9-11,15H2,1-2H3. The predicted octanol–water partition coefficient (Wildman–Crippen LogP) is 4.35. The van der Waals surface area contributed by atoms with Crippen LogP contribution in [0.4, 0.5) is 0 Å². The first-order valence-electron chi connectivity index (χ1n) is 8.25. The average Bonchev–Trinajstić information content (AvgIpc) is 2.58. The third-order valence-corrected chi connectivity index (χ3v) is 3.65. The molecule has 0 unspecified atom stereocenters. The van der Waals surface area contributed by atoms with Gasteiger partial charge in [-0.15, -0.1) is 0 Å². The van der Waals surface area contributed by atoms with Crippen molar-refractivity contribution in [2.45, 2.75) is 33.3 Å². The number of aryl methyl sites for hydroxylation is 1. The molecule has 0 atom stereocenters. The zero-order chi connectivity index (χ0) is 16.5. The molecule has 0 saturated heterocycles. The van der Waals surface area contributed by atoms with Crippen LogP contribution in [0, 0.1) is 6.92 Å². The molecule has 2 aromatic carbocycles. The summed E-state index contributed by atoms with van der Waals surface area (Å²) < 4.78 is 11.2. The summed E-state index contributed by atoms with van der Waals surface area (Å²) in [6, 6.07) is 14.2. The highest BCUT2D eigenvalue weighted by molar-refractivity contribution is 5.65. The molecule has 2 rings (SSSR count). The van der Waals surface area contributed by atoms with E-state index in [2.05, 4.69) is 13.0 Å². The molecular weight excluding hydrogens is 288 g/mol. The van der Waals surface area contributed by atoms with Crippen molar-refractivity contribution < 1.29 is 14.6 Å². The highest BCUT2D eigenvalue weighted by atomic mass is 16.5. The fourth-order valence-electron chi connectivity index (χ4n) is 2.43. The maximum Gasteiger partial charge on any atom is 0.119 e. The molecule has 0 spiro atoms. The van der Waals surface area contributed by atoms with E-state index in [0.29, 0.717) is 13.2 Å². The van der Waals surface area contributed by atoms with E-state index >= 15 is 0 Å². The van der Waals surface area contributed by atoms with Gasteiger partial charge in [0.1, 0.15) is 12.4 Å². The van der Waals surface area contributed by atoms with Gasteiger partial charge >= 0.3 is 0 Å². The summed E-state index contributed by atoms with van der Waals surface area (Å²) >= 11 is 0. The minimum absolute atomic E-state index is 0.0634. The molecule has 0 aliphatic heterocycles. The van der Waals surface area contributed by atoms with E-state index in [9.17, 15) is 5.11 Å². The first-order valence-corrected chi connectivity index (χ1v) is 8.25. The second-order valence-electron chi connectivity index (χ2n) is 5.70. The molecule has 0 aliphatic carbocycles. The fraction of sp³-hybridized carbons (Fsp3) is 0.400. The number of hydrogen-bond acceptors (Lipinski definition) is 3. The molecule has 23 heavy (non-hydrogen) atoms. The first kappa shape index (κ1) is 17.5. The van der Waals surface area contributed by atoms with Crippen molar-refractivity contribution >= 4 is 0 Å². The van der Waals surface area contributed by atoms with E-state index in [1.807, 2.05) is 43.3 Å². The van der Waals surface area contributed by atoms with E-state index < -0.39 is 0 Å². The third kappa shape index (κ3) is 5.70. The van der Waals surface area contributed by atoms with Crippen molar-refractivity contribution in [1.82, 2.24) is 0 Å². The number of hydrogen-bond donors (Lipinski definition) is 1. The van der Waals surface area contributed by atoms with Crippen LogP contribution in [-0.2, 0) is 11.3 Å². The normalized spacial score (nSPS) is 10.7. The van der Waals surface area contributed by atoms with E-state index in [4.69, 9.17) is 9.47 Å². The number of rotatable bonds is 9. The topological polar surface area (TPSA) is 38.7 Å². The maximum absolute atomic E-state index is 9.32. The second-order valence-corrected chi connectivity index (χ2v) is 5.70. The van der Waals surface area contributed by atoms with Gasteiger partial charge in [-0.25, -0.2) is 0 Å². The summed E-state index contributed by atoms with van der Waals surface area (Å²) in [4.78, 5) is 0. The van der Waals surface area contributed by atoms with Crippen LogP contribution in [0.15, 0.2) is 42.5 Å². The van der Waals surface area contributed by atoms with Gasteiger partial charge in [0.05, 0.1) is 13.2 Å². The quantitative estimate of drug-likeness (QED) is 0.699. The minimum Gasteiger partial charge on any atom is -0.491 e. The van der Waals surface area contributed by atoms with Crippen LogP contribution in [-0.4, -0.2) is 24.9 Å². The van der Waals surface area contributed by atoms with Gasteiger partial charge in [-0.2, -0.15) is 0 Å². The number of benzene rings is 2. The molecule has 0 saturated carbocycles. The molecule has 0 heterocycles. The Balaban J connectivity index is 1.90. The van der Waals surface area contributed by atoms with Crippen molar-refractivity contribution in [1.29, 1.82) is 0 Å². The molecule has 124 valence electrons. The number of aliphatic hydroxyl groups excluding tert-OH is 1. The summed E-state index contributed by atoms with van der Waals surface area (Å²) in [7, 11) is 0. The predicted molar refractivity (Wildman–Crippen MR) is 93.8 cm³/mol. The van der Waals surface area contributed by atoms with Gasteiger partial charge < -0.3 is 14.6 Å². The van der Waals surface area contributed by atoms with Crippen molar-refractivity contribution in [3.05, 3.63) is 53.6 Å². The smallest absolute Gasteiger partial charge is 0.119 e. The Bertz CT molecular complexity index is 590. The van der Waals surface area contributed by atoms with E-state index in [0.717, 1.165) is 47.5 Å². The molecule has 3 heteroatoms. The van der Waals surface area contributed by atoms with Gasteiger partial charge in [-0.1, -0.05) is 43.2 Å². The van der Waals surface area contributed by atoms with Crippen LogP contribution < -0.4 is 4.74 Å². The van der Waals surface area contributed by atoms with Crippen LogP contribution in [0.3, 0.4) is 0 Å². The summed E-state index contributed by atoms with van der Waals surface area (Å²) in [6.07, 6.45) is 2.25. The van der Waals surface area contributed by atoms with E-state index in [-0.39, 0.29) is 6.61 Å². The Hall–Kier alpha value is -1.84. The number of unbranched alkanes of at least 4 members (excludes halogenated alkanes) is 1. The van der Waals surface area contributed by atoms with E-state index in [1.54, 1.807) is 0 Å². The Morgan fingerprint density at radius 1 is 0.913 bits per heavy atom. The fourth-order valence-corrected chi connectivity index (χ4v) is 2.43. The van der Waals surface area contributed by atoms with Crippen molar-refractivity contribution in [2.75, 3.05) is 19.8 Å². The average molecular weight is 314 g/mol. The molecule has 0 bridgehead atoms. The zero-order valence-corrected chi connectivity index (χ0v) is 14.0. The van der Waals surface area contributed by atoms with Crippen LogP contribution in [0.25, 0.3) is 11.1 Å². The lowest BCUT2D eigenvalue weighted by Crippen LogP contribution is -2.07. The molecule has 1 N–H and O–H groups in total. The Morgan fingerprint density at radius 3 is 2.39 bits per heavy atom. The molecule has 0 fully saturated rings. The van der Waals surface area contributed by atoms with Gasteiger partial charge in [0.25, 0.3) is 0 Å². The lowest BCUT2D eigenvalue weighted by molar-refractivity contribution is 0.0981. The molecular formula is C20H26O3. The van der Waals surface area contributed by atoms with Crippen molar-refractivity contribution in [2.24, 2.45) is 0 Å². The van der Waals surface area contributed by atoms with Gasteiger partial charge in [0.2, 0.25) is 0 Å². The Kier molecular flexibility index (Phi) is 7.11. The molecule has 3 nitrogen and oxygen atoms in total. The largest absolute Gasteiger partial charge is 0.491 e. The Labute approximate surface area is 138 Å². The van der Waals surface area contributed by atoms with Gasteiger partial charge in [-0.3, -0.25) is 0 Å². The Morgan fingerprint density at radius 2 is 1.70 bits per heavy atom. The zero-order valence-electron chi connectivity index (χ0n) is 14.0. The maximum atomic E-state index is 9.32. The summed E-state index contributed by atoms with van der Waals surface area (Å²) in [5, 5.41) is 9.32. The number of aliphatic hydroxyl groups is 1. The van der Waals surface area contributed by atoms with Crippen LogP contribution in [0.5, 0.6) is 5.75 Å². The van der Waals surface area contributed by atoms with Crippen LogP contribution in [0.1, 0.15) is 30.9 Å². The second kappa shape index (κ2) is 9.33.